The minimum atomic E-state index is -0.818. The highest BCUT2D eigenvalue weighted by Crippen LogP contribution is 2.14. The van der Waals surface area contributed by atoms with Crippen molar-refractivity contribution in [3.63, 3.8) is 0 Å². The zero-order valence-corrected chi connectivity index (χ0v) is 18.7. The van der Waals surface area contributed by atoms with Crippen LogP contribution >= 0.6 is 0 Å². The van der Waals surface area contributed by atoms with E-state index in [1.165, 1.54) is 0 Å². The molecule has 172 valence electrons. The van der Waals surface area contributed by atoms with Crippen LogP contribution in [0.1, 0.15) is 64.5 Å². The third-order valence-electron chi connectivity index (χ3n) is 4.30. The summed E-state index contributed by atoms with van der Waals surface area (Å²) in [6.07, 6.45) is 3.81. The molecule has 1 aromatic carbocycles. The number of carbonyl (C=O) groups excluding carboxylic acids is 2. The van der Waals surface area contributed by atoms with Gasteiger partial charge in [-0.3, -0.25) is 9.59 Å². The standard InChI is InChI=1S/C23H34N2O6/c1-16(19(13-14-20(24)26)25-22(29)31-23(2,3)4)30-15-18-11-9-17(10-12-18)7-5-6-8-21(27)28/h5,7,9-12,16,19H,6,8,13-15H2,1-4H3,(H2,24,26)(H,25,29)(H,27,28)/b7-5+/t16-,19+/m1/s1. The molecule has 31 heavy (non-hydrogen) atoms. The van der Waals surface area contributed by atoms with Gasteiger partial charge in [0, 0.05) is 12.8 Å². The topological polar surface area (TPSA) is 128 Å². The fourth-order valence-corrected chi connectivity index (χ4v) is 2.68. The Morgan fingerprint density at radius 2 is 1.81 bits per heavy atom. The summed E-state index contributed by atoms with van der Waals surface area (Å²) >= 11 is 0. The smallest absolute Gasteiger partial charge is 0.407 e. The lowest BCUT2D eigenvalue weighted by molar-refractivity contribution is -0.136. The molecule has 4 N–H and O–H groups in total. The van der Waals surface area contributed by atoms with Crippen molar-refractivity contribution in [2.75, 3.05) is 0 Å². The number of benzene rings is 1. The molecule has 0 fully saturated rings. The van der Waals surface area contributed by atoms with Gasteiger partial charge in [0.05, 0.1) is 18.8 Å². The third kappa shape index (κ3) is 12.4. The van der Waals surface area contributed by atoms with Gasteiger partial charge in [-0.2, -0.15) is 0 Å². The Morgan fingerprint density at radius 3 is 2.35 bits per heavy atom. The van der Waals surface area contributed by atoms with E-state index in [9.17, 15) is 14.4 Å². The minimum absolute atomic E-state index is 0.106. The van der Waals surface area contributed by atoms with E-state index in [2.05, 4.69) is 5.32 Å². The predicted molar refractivity (Wildman–Crippen MR) is 118 cm³/mol. The number of carbonyl (C=O) groups is 3. The molecule has 1 aromatic rings. The van der Waals surface area contributed by atoms with Crippen molar-refractivity contribution in [1.82, 2.24) is 5.32 Å². The van der Waals surface area contributed by atoms with Gasteiger partial charge in [-0.1, -0.05) is 36.4 Å². The van der Waals surface area contributed by atoms with Crippen molar-refractivity contribution in [3.05, 3.63) is 41.5 Å². The number of rotatable bonds is 12. The summed E-state index contributed by atoms with van der Waals surface area (Å²) in [4.78, 5) is 33.8. The number of carboxylic acid groups (broad SMARTS) is 1. The summed E-state index contributed by atoms with van der Waals surface area (Å²) in [6, 6.07) is 7.25. The maximum absolute atomic E-state index is 12.1. The van der Waals surface area contributed by atoms with Gasteiger partial charge >= 0.3 is 12.1 Å². The molecule has 0 bridgehead atoms. The van der Waals surface area contributed by atoms with Crippen LogP contribution in [0.15, 0.2) is 30.3 Å². The Balaban J connectivity index is 2.62. The number of alkyl carbamates (subject to hydrolysis) is 1. The van der Waals surface area contributed by atoms with Gasteiger partial charge in [-0.15, -0.1) is 0 Å². The molecular weight excluding hydrogens is 400 g/mol. The Bertz CT molecular complexity index is 752. The second-order valence-corrected chi connectivity index (χ2v) is 8.35. The van der Waals surface area contributed by atoms with Crippen molar-refractivity contribution in [2.45, 2.75) is 77.7 Å². The Morgan fingerprint density at radius 1 is 1.16 bits per heavy atom. The van der Waals surface area contributed by atoms with E-state index in [4.69, 9.17) is 20.3 Å². The number of ether oxygens (including phenoxy) is 2. The van der Waals surface area contributed by atoms with Crippen molar-refractivity contribution in [2.24, 2.45) is 5.73 Å². The third-order valence-corrected chi connectivity index (χ3v) is 4.30. The SMILES string of the molecule is C[C@@H](OCc1ccc(/C=C/CCC(=O)O)cc1)[C@H](CCC(N)=O)NC(=O)OC(C)(C)C. The van der Waals surface area contributed by atoms with E-state index in [0.29, 0.717) is 19.4 Å². The zero-order chi connectivity index (χ0) is 23.4. The molecule has 8 nitrogen and oxygen atoms in total. The van der Waals surface area contributed by atoms with Crippen LogP contribution < -0.4 is 11.1 Å². The van der Waals surface area contributed by atoms with E-state index in [-0.39, 0.29) is 18.9 Å². The first-order valence-electron chi connectivity index (χ1n) is 10.3. The van der Waals surface area contributed by atoms with Gasteiger partial charge in [-0.05, 0) is 51.7 Å². The average Bonchev–Trinajstić information content (AvgIpc) is 2.65. The van der Waals surface area contributed by atoms with Crippen LogP contribution in [0.2, 0.25) is 0 Å². The Kier molecular flexibility index (Phi) is 10.8. The van der Waals surface area contributed by atoms with Gasteiger partial charge < -0.3 is 25.6 Å². The van der Waals surface area contributed by atoms with E-state index in [1.807, 2.05) is 43.3 Å². The van der Waals surface area contributed by atoms with Crippen LogP contribution in [-0.4, -0.2) is 40.8 Å². The van der Waals surface area contributed by atoms with Crippen LogP contribution in [-0.2, 0) is 25.7 Å². The normalized spacial score (nSPS) is 13.5. The number of allylic oxidation sites excluding steroid dienone is 1. The van der Waals surface area contributed by atoms with E-state index >= 15 is 0 Å². The molecule has 0 aliphatic carbocycles. The number of primary amides is 1. The first-order chi connectivity index (χ1) is 14.5. The maximum Gasteiger partial charge on any atom is 0.407 e. The number of hydrogen-bond donors (Lipinski definition) is 3. The fraction of sp³-hybridized carbons (Fsp3) is 0.522. The largest absolute Gasteiger partial charge is 0.481 e. The van der Waals surface area contributed by atoms with Crippen LogP contribution in [0.5, 0.6) is 0 Å². The number of hydrogen-bond acceptors (Lipinski definition) is 5. The quantitative estimate of drug-likeness (QED) is 0.461. The molecule has 8 heteroatoms. The summed E-state index contributed by atoms with van der Waals surface area (Å²) < 4.78 is 11.2. The first-order valence-corrected chi connectivity index (χ1v) is 10.3. The van der Waals surface area contributed by atoms with Crippen molar-refractivity contribution in [3.8, 4) is 0 Å². The van der Waals surface area contributed by atoms with Crippen LogP contribution in [0.4, 0.5) is 4.79 Å². The number of carboxylic acids is 1. The summed E-state index contributed by atoms with van der Waals surface area (Å²) in [5, 5.41) is 11.4. The van der Waals surface area contributed by atoms with Crippen LogP contribution in [0.3, 0.4) is 0 Å². The molecule has 0 aliphatic heterocycles. The molecule has 2 amide bonds. The van der Waals surface area contributed by atoms with Crippen molar-refractivity contribution >= 4 is 24.0 Å². The van der Waals surface area contributed by atoms with Gasteiger partial charge in [0.1, 0.15) is 5.60 Å². The molecule has 0 heterocycles. The molecule has 0 saturated heterocycles. The molecule has 0 aliphatic rings. The minimum Gasteiger partial charge on any atom is -0.481 e. The summed E-state index contributed by atoms with van der Waals surface area (Å²) in [5.41, 5.74) is 6.53. The molecule has 1 rings (SSSR count). The molecule has 0 saturated carbocycles. The number of nitrogens with one attached hydrogen (secondary N) is 1. The van der Waals surface area contributed by atoms with Crippen molar-refractivity contribution < 1.29 is 29.0 Å². The van der Waals surface area contributed by atoms with Crippen LogP contribution in [0, 0.1) is 0 Å². The second kappa shape index (κ2) is 12.7. The second-order valence-electron chi connectivity index (χ2n) is 8.35. The summed E-state index contributed by atoms with van der Waals surface area (Å²) in [6.45, 7) is 7.47. The number of nitrogens with two attached hydrogens (primary N) is 1. The van der Waals surface area contributed by atoms with Gasteiger partial charge in [-0.25, -0.2) is 4.79 Å². The number of aliphatic carboxylic acids is 1. The maximum atomic E-state index is 12.1. The van der Waals surface area contributed by atoms with Gasteiger partial charge in [0.2, 0.25) is 5.91 Å². The van der Waals surface area contributed by atoms with E-state index < -0.39 is 29.6 Å². The predicted octanol–water partition coefficient (Wildman–Crippen LogP) is 3.63. The van der Waals surface area contributed by atoms with E-state index in [1.54, 1.807) is 20.8 Å². The van der Waals surface area contributed by atoms with Gasteiger partial charge in [0.15, 0.2) is 0 Å². The molecule has 0 radical (unpaired) electrons. The lowest BCUT2D eigenvalue weighted by Crippen LogP contribution is -2.45. The highest BCUT2D eigenvalue weighted by molar-refractivity contribution is 5.74. The fourth-order valence-electron chi connectivity index (χ4n) is 2.68. The highest BCUT2D eigenvalue weighted by atomic mass is 16.6. The lowest BCUT2D eigenvalue weighted by Gasteiger charge is -2.27. The molecule has 0 spiro atoms. The van der Waals surface area contributed by atoms with Crippen molar-refractivity contribution in [1.29, 1.82) is 0 Å². The average molecular weight is 435 g/mol. The zero-order valence-electron chi connectivity index (χ0n) is 18.7. The molecule has 0 unspecified atom stereocenters. The Labute approximate surface area is 183 Å². The Hall–Kier alpha value is -2.87. The highest BCUT2D eigenvalue weighted by Gasteiger charge is 2.24. The van der Waals surface area contributed by atoms with Gasteiger partial charge in [0.25, 0.3) is 0 Å². The summed E-state index contributed by atoms with van der Waals surface area (Å²) in [5.74, 6) is -1.27. The number of amides is 2. The first kappa shape index (κ1) is 26.2. The summed E-state index contributed by atoms with van der Waals surface area (Å²) in [7, 11) is 0. The lowest BCUT2D eigenvalue weighted by atomic mass is 10.1. The molecule has 2 atom stereocenters. The van der Waals surface area contributed by atoms with Crippen LogP contribution in [0.25, 0.3) is 6.08 Å². The molecule has 0 aromatic heterocycles. The molecular formula is C23H34N2O6. The monoisotopic (exact) mass is 434 g/mol. The van der Waals surface area contributed by atoms with E-state index in [0.717, 1.165) is 11.1 Å².